The second-order valence-corrected chi connectivity index (χ2v) is 16.3. The van der Waals surface area contributed by atoms with Gasteiger partial charge in [0.05, 0.1) is 16.8 Å². The van der Waals surface area contributed by atoms with Gasteiger partial charge in [0.1, 0.15) is 11.5 Å². The van der Waals surface area contributed by atoms with Crippen LogP contribution in [0, 0.1) is 0 Å². The number of esters is 2. The van der Waals surface area contributed by atoms with Crippen molar-refractivity contribution >= 4 is 23.8 Å². The Morgan fingerprint density at radius 2 is 0.524 bits per heavy atom. The number of nitrogens with zero attached hydrogens (tertiary/aromatic N) is 1. The Bertz CT molecular complexity index is 2780. The summed E-state index contributed by atoms with van der Waals surface area (Å²) in [6, 6.07) is 6.15. The van der Waals surface area contributed by atoms with Gasteiger partial charge in [-0.2, -0.15) is 149 Å². The summed E-state index contributed by atoms with van der Waals surface area (Å²) >= 11 is 0. The number of ether oxygens (including phenoxy) is 2. The standard InChI is InChI=1S/C43H17F34NO4/c44-28(45,30(48,49)32(52,53)34(56,57)36(60,61)38(64,65)40(68,69)42(72,73)74)21-7-3-19(4-8-21)26(79)81-24-13-1-18(2-14-24)17-78-23-11-15-25(16-12-23)82-27(80)20-5-9-22(10-6-20)29(46,47)31(50,51)33(54,55)35(58,59)37(62,63)39(66,67)41(70,71)43(75,76)77/h1-17H. The minimum atomic E-state index is -8.85. The van der Waals surface area contributed by atoms with E-state index in [4.69, 9.17) is 9.47 Å². The van der Waals surface area contributed by atoms with Crippen molar-refractivity contribution in [1.29, 1.82) is 0 Å². The van der Waals surface area contributed by atoms with Crippen LogP contribution in [0.2, 0.25) is 0 Å². The van der Waals surface area contributed by atoms with Crippen LogP contribution in [0.15, 0.2) is 102 Å². The summed E-state index contributed by atoms with van der Waals surface area (Å²) < 4.78 is 474. The zero-order chi connectivity index (χ0) is 63.9. The molecule has 0 bridgehead atoms. The van der Waals surface area contributed by atoms with Gasteiger partial charge in [0, 0.05) is 17.3 Å². The van der Waals surface area contributed by atoms with Gasteiger partial charge in [0.2, 0.25) is 0 Å². The Balaban J connectivity index is 1.42. The molecular formula is C43H17F34NO4. The van der Waals surface area contributed by atoms with Crippen molar-refractivity contribution in [3.63, 3.8) is 0 Å². The van der Waals surface area contributed by atoms with E-state index < -0.39 is 165 Å². The number of hydrogen-bond acceptors (Lipinski definition) is 5. The van der Waals surface area contributed by atoms with E-state index in [1.165, 1.54) is 0 Å². The minimum Gasteiger partial charge on any atom is -0.423 e. The van der Waals surface area contributed by atoms with Crippen LogP contribution in [0.1, 0.15) is 37.4 Å². The van der Waals surface area contributed by atoms with Crippen molar-refractivity contribution in [3.8, 4) is 11.5 Å². The second-order valence-electron chi connectivity index (χ2n) is 16.3. The first-order chi connectivity index (χ1) is 36.4. The molecule has 0 radical (unpaired) electrons. The van der Waals surface area contributed by atoms with Crippen molar-refractivity contribution in [1.82, 2.24) is 0 Å². The fraction of sp³-hybridized carbons (Fsp3) is 0.372. The predicted molar refractivity (Wildman–Crippen MR) is 202 cm³/mol. The van der Waals surface area contributed by atoms with Crippen molar-refractivity contribution in [2.75, 3.05) is 0 Å². The third kappa shape index (κ3) is 10.3. The number of aliphatic imine (C=N–C) groups is 1. The van der Waals surface area contributed by atoms with Crippen molar-refractivity contribution in [2.45, 2.75) is 95.3 Å². The van der Waals surface area contributed by atoms with E-state index in [1.54, 1.807) is 0 Å². The molecule has 0 fully saturated rings. The SMILES string of the molecule is O=C(Oc1ccc(C=Nc2ccc(OC(=O)c3ccc(C(F)(F)C(F)(F)C(F)(F)C(F)(F)C(F)(F)C(F)(F)C(F)(F)C(F)(F)F)cc3)cc2)cc1)c1ccc(C(F)(F)C(F)(F)C(F)(F)C(F)(F)C(F)(F)C(F)(F)C(F)(F)C(F)(F)F)cc1. The highest BCUT2D eigenvalue weighted by molar-refractivity contribution is 5.92. The number of carbonyl (C=O) groups excluding carboxylic acids is 2. The van der Waals surface area contributed by atoms with Gasteiger partial charge in [-0.25, -0.2) is 9.59 Å². The van der Waals surface area contributed by atoms with Crippen LogP contribution >= 0.6 is 0 Å². The zero-order valence-electron chi connectivity index (χ0n) is 37.7. The summed E-state index contributed by atoms with van der Waals surface area (Å²) in [6.45, 7) is 0. The molecule has 0 unspecified atom stereocenters. The van der Waals surface area contributed by atoms with Gasteiger partial charge in [-0.15, -0.1) is 0 Å². The molecule has 0 saturated carbocycles. The third-order valence-electron chi connectivity index (χ3n) is 10.9. The second kappa shape index (κ2) is 20.5. The molecule has 5 nitrogen and oxygen atoms in total. The minimum absolute atomic E-state index is 0.00260. The molecule has 4 aromatic rings. The summed E-state index contributed by atoms with van der Waals surface area (Å²) in [5.41, 5.74) is -7.16. The molecule has 456 valence electrons. The third-order valence-corrected chi connectivity index (χ3v) is 10.9. The van der Waals surface area contributed by atoms with Crippen LogP contribution < -0.4 is 9.47 Å². The summed E-state index contributed by atoms with van der Waals surface area (Å²) in [6.07, 6.45) is -14.9. The maximum absolute atomic E-state index is 14.7. The van der Waals surface area contributed by atoms with E-state index >= 15 is 0 Å². The number of halogens is 34. The molecule has 0 saturated heterocycles. The molecular weight excluding hydrogens is 1240 g/mol. The number of benzene rings is 4. The average molecular weight is 1260 g/mol. The molecule has 4 aromatic carbocycles. The van der Waals surface area contributed by atoms with Crippen LogP contribution in [0.4, 0.5) is 155 Å². The Morgan fingerprint density at radius 1 is 0.293 bits per heavy atom. The first kappa shape index (κ1) is 67.6. The first-order valence-electron chi connectivity index (χ1n) is 20.2. The summed E-state index contributed by atoms with van der Waals surface area (Å²) in [7, 11) is 0. The van der Waals surface area contributed by atoms with Gasteiger partial charge in [0.15, 0.2) is 0 Å². The Hall–Kier alpha value is -6.89. The molecule has 0 atom stereocenters. The molecule has 0 aliphatic rings. The average Bonchev–Trinajstić information content (AvgIpc) is 1.04. The summed E-state index contributed by atoms with van der Waals surface area (Å²) in [4.78, 5) is 29.0. The van der Waals surface area contributed by atoms with Gasteiger partial charge < -0.3 is 9.47 Å². The maximum atomic E-state index is 14.7. The van der Waals surface area contributed by atoms with Gasteiger partial charge in [-0.05, 0) is 78.4 Å². The number of hydrogen-bond donors (Lipinski definition) is 0. The normalized spacial score (nSPS) is 15.0. The van der Waals surface area contributed by atoms with Crippen LogP contribution in [0.3, 0.4) is 0 Å². The van der Waals surface area contributed by atoms with E-state index in [0.717, 1.165) is 54.7 Å². The monoisotopic (exact) mass is 1260 g/mol. The Morgan fingerprint density at radius 3 is 0.780 bits per heavy atom. The van der Waals surface area contributed by atoms with E-state index in [9.17, 15) is 159 Å². The van der Waals surface area contributed by atoms with Gasteiger partial charge in [-0.3, -0.25) is 4.99 Å². The lowest BCUT2D eigenvalue weighted by Crippen LogP contribution is -2.74. The Kier molecular flexibility index (Phi) is 16.9. The van der Waals surface area contributed by atoms with Crippen LogP contribution in [-0.2, 0) is 11.8 Å². The van der Waals surface area contributed by atoms with E-state index in [0.29, 0.717) is 0 Å². The molecule has 0 aromatic heterocycles. The number of rotatable bonds is 20. The first-order valence-corrected chi connectivity index (χ1v) is 20.2. The molecule has 39 heteroatoms. The van der Waals surface area contributed by atoms with Gasteiger partial charge >= 0.3 is 107 Å². The fourth-order valence-electron chi connectivity index (χ4n) is 6.02. The van der Waals surface area contributed by atoms with Crippen LogP contribution in [0.5, 0.6) is 11.5 Å². The molecule has 0 aliphatic carbocycles. The van der Waals surface area contributed by atoms with Gasteiger partial charge in [-0.1, -0.05) is 24.3 Å². The van der Waals surface area contributed by atoms with Crippen molar-refractivity contribution < 1.29 is 168 Å². The largest absolute Gasteiger partial charge is 0.460 e. The van der Waals surface area contributed by atoms with Crippen molar-refractivity contribution in [3.05, 3.63) is 125 Å². The van der Waals surface area contributed by atoms with E-state index in [2.05, 4.69) is 4.99 Å². The molecule has 0 aliphatic heterocycles. The lowest BCUT2D eigenvalue weighted by atomic mass is 9.87. The zero-order valence-corrected chi connectivity index (χ0v) is 37.7. The number of carbonyl (C=O) groups is 2. The Labute approximate surface area is 429 Å². The summed E-state index contributed by atoms with van der Waals surface area (Å²) in [5, 5.41) is 0. The quantitative estimate of drug-likeness (QED) is 0.0383. The lowest BCUT2D eigenvalue weighted by molar-refractivity contribution is -0.462. The number of alkyl halides is 34. The highest BCUT2D eigenvalue weighted by atomic mass is 19.4. The molecule has 0 amide bonds. The smallest absolute Gasteiger partial charge is 0.423 e. The van der Waals surface area contributed by atoms with Gasteiger partial charge in [0.25, 0.3) is 0 Å². The molecule has 0 spiro atoms. The molecule has 82 heavy (non-hydrogen) atoms. The summed E-state index contributed by atoms with van der Waals surface area (Å²) in [5.74, 6) is -121. The molecule has 0 N–H and O–H groups in total. The topological polar surface area (TPSA) is 65.0 Å². The molecule has 4 rings (SSSR count). The highest BCUT2D eigenvalue weighted by Crippen LogP contribution is 2.67. The molecule has 0 heterocycles. The van der Waals surface area contributed by atoms with E-state index in [-0.39, 0.29) is 35.5 Å². The van der Waals surface area contributed by atoms with Crippen LogP contribution in [0.25, 0.3) is 0 Å². The lowest BCUT2D eigenvalue weighted by Gasteiger charge is -2.42. The predicted octanol–water partition coefficient (Wildman–Crippen LogP) is 16.8. The highest BCUT2D eigenvalue weighted by Gasteiger charge is 2.97. The maximum Gasteiger partial charge on any atom is 0.460 e. The van der Waals surface area contributed by atoms with Crippen molar-refractivity contribution in [2.24, 2.45) is 4.99 Å². The van der Waals surface area contributed by atoms with Crippen LogP contribution in [-0.4, -0.2) is 102 Å². The fourth-order valence-corrected chi connectivity index (χ4v) is 6.02. The van der Waals surface area contributed by atoms with E-state index in [1.807, 2.05) is 0 Å².